The van der Waals surface area contributed by atoms with E-state index in [1.165, 1.54) is 7.11 Å². The number of rotatable bonds is 5. The lowest BCUT2D eigenvalue weighted by atomic mass is 9.84. The summed E-state index contributed by atoms with van der Waals surface area (Å²) in [6.45, 7) is 5.25. The molecule has 0 heterocycles. The van der Waals surface area contributed by atoms with Gasteiger partial charge < -0.3 is 4.74 Å². The second kappa shape index (κ2) is 9.41. The van der Waals surface area contributed by atoms with Gasteiger partial charge in [0, 0.05) is 4.92 Å². The van der Waals surface area contributed by atoms with Crippen LogP contribution in [0.15, 0.2) is 18.2 Å². The van der Waals surface area contributed by atoms with E-state index >= 15 is 0 Å². The fourth-order valence-corrected chi connectivity index (χ4v) is 2.28. The van der Waals surface area contributed by atoms with Gasteiger partial charge in [-0.25, -0.2) is 0 Å². The Bertz CT molecular complexity index is 563. The molecule has 0 radical (unpaired) electrons. The zero-order chi connectivity index (χ0) is 17.3. The van der Waals surface area contributed by atoms with Gasteiger partial charge in [-0.1, -0.05) is 30.7 Å². The summed E-state index contributed by atoms with van der Waals surface area (Å²) in [5.41, 5.74) is 2.88. The molecule has 0 aromatic heterocycles. The average molecular weight is 309 g/mol. The minimum absolute atomic E-state index is 0.250. The van der Waals surface area contributed by atoms with Gasteiger partial charge in [-0.05, 0) is 25.0 Å². The van der Waals surface area contributed by atoms with Crippen LogP contribution in [-0.4, -0.2) is 30.7 Å². The van der Waals surface area contributed by atoms with Crippen molar-refractivity contribution in [3.63, 3.8) is 0 Å². The zero-order valence-electron chi connectivity index (χ0n) is 13.0. The Hall–Kier alpha value is -2.53. The molecule has 0 aliphatic carbocycles. The molecule has 1 aromatic rings. The Morgan fingerprint density at radius 1 is 1.36 bits per heavy atom. The van der Waals surface area contributed by atoms with E-state index in [4.69, 9.17) is 14.3 Å². The van der Waals surface area contributed by atoms with Crippen LogP contribution in [0, 0.1) is 29.9 Å². The fraction of sp³-hybridized carbons (Fsp3) is 0.467. The number of hydrogen-bond acceptors (Lipinski definition) is 6. The van der Waals surface area contributed by atoms with E-state index < -0.39 is 17.8 Å². The first-order valence-electron chi connectivity index (χ1n) is 6.54. The SMILES string of the molecule is COC(=O)C(C)[C@@H](C[N+](=O)[O-])c1ccc(C)cc1C.O=C=O. The van der Waals surface area contributed by atoms with Crippen molar-refractivity contribution in [3.8, 4) is 0 Å². The summed E-state index contributed by atoms with van der Waals surface area (Å²) >= 11 is 0. The molecular formula is C15H19NO6. The summed E-state index contributed by atoms with van der Waals surface area (Å²) in [5.74, 6) is -1.44. The molecule has 1 unspecified atom stereocenters. The quantitative estimate of drug-likeness (QED) is 0.467. The molecule has 7 heteroatoms. The van der Waals surface area contributed by atoms with Crippen LogP contribution in [0.1, 0.15) is 29.5 Å². The monoisotopic (exact) mass is 309 g/mol. The highest BCUT2D eigenvalue weighted by Gasteiger charge is 2.31. The van der Waals surface area contributed by atoms with Crippen molar-refractivity contribution >= 4 is 12.1 Å². The first-order valence-corrected chi connectivity index (χ1v) is 6.54. The highest BCUT2D eigenvalue weighted by molar-refractivity contribution is 5.73. The molecule has 0 spiro atoms. The molecule has 0 aliphatic rings. The number of benzene rings is 1. The smallest absolute Gasteiger partial charge is 0.373 e. The van der Waals surface area contributed by atoms with Crippen LogP contribution in [0.5, 0.6) is 0 Å². The normalized spacial score (nSPS) is 12.2. The summed E-state index contributed by atoms with van der Waals surface area (Å²) in [6.07, 6.45) is 0.250. The lowest BCUT2D eigenvalue weighted by molar-refractivity contribution is -0.484. The molecule has 1 aromatic carbocycles. The molecule has 1 rings (SSSR count). The summed E-state index contributed by atoms with van der Waals surface area (Å²) < 4.78 is 4.70. The Morgan fingerprint density at radius 3 is 2.32 bits per heavy atom. The molecule has 120 valence electrons. The largest absolute Gasteiger partial charge is 0.469 e. The van der Waals surface area contributed by atoms with Gasteiger partial charge in [-0.2, -0.15) is 9.59 Å². The molecule has 0 N–H and O–H groups in total. The second-order valence-electron chi connectivity index (χ2n) is 4.88. The molecule has 0 fully saturated rings. The predicted molar refractivity (Wildman–Crippen MR) is 76.7 cm³/mol. The molecule has 0 saturated carbocycles. The molecule has 7 nitrogen and oxygen atoms in total. The number of ether oxygens (including phenoxy) is 1. The maximum Gasteiger partial charge on any atom is 0.373 e. The third-order valence-electron chi connectivity index (χ3n) is 3.35. The topological polar surface area (TPSA) is 104 Å². The van der Waals surface area contributed by atoms with Crippen molar-refractivity contribution in [2.75, 3.05) is 13.7 Å². The van der Waals surface area contributed by atoms with Gasteiger partial charge in [-0.3, -0.25) is 14.9 Å². The van der Waals surface area contributed by atoms with Crippen molar-refractivity contribution in [2.24, 2.45) is 5.92 Å². The van der Waals surface area contributed by atoms with E-state index in [2.05, 4.69) is 0 Å². The molecule has 2 atom stereocenters. The number of methoxy groups -OCH3 is 1. The Kier molecular flexibility index (Phi) is 8.33. The minimum atomic E-state index is -0.545. The van der Waals surface area contributed by atoms with Crippen LogP contribution in [0.3, 0.4) is 0 Å². The van der Waals surface area contributed by atoms with Gasteiger partial charge >= 0.3 is 12.1 Å². The van der Waals surface area contributed by atoms with E-state index in [9.17, 15) is 14.9 Å². The lowest BCUT2D eigenvalue weighted by Gasteiger charge is -2.21. The summed E-state index contributed by atoms with van der Waals surface area (Å²) in [5, 5.41) is 10.8. The fourth-order valence-electron chi connectivity index (χ4n) is 2.28. The number of hydrogen-bond donors (Lipinski definition) is 0. The maximum atomic E-state index is 11.6. The van der Waals surface area contributed by atoms with E-state index in [1.54, 1.807) is 6.92 Å². The zero-order valence-corrected chi connectivity index (χ0v) is 13.0. The van der Waals surface area contributed by atoms with Gasteiger partial charge in [0.15, 0.2) is 0 Å². The Balaban J connectivity index is 0.00000135. The molecule has 0 bridgehead atoms. The second-order valence-corrected chi connectivity index (χ2v) is 4.88. The highest BCUT2D eigenvalue weighted by atomic mass is 16.6. The Labute approximate surface area is 128 Å². The van der Waals surface area contributed by atoms with Crippen LogP contribution in [0.4, 0.5) is 0 Å². The van der Waals surface area contributed by atoms with E-state index in [0.717, 1.165) is 16.7 Å². The van der Waals surface area contributed by atoms with Crippen molar-refractivity contribution in [3.05, 3.63) is 45.0 Å². The number of nitro groups is 1. The van der Waals surface area contributed by atoms with Crippen LogP contribution in [-0.2, 0) is 19.1 Å². The molecule has 0 aliphatic heterocycles. The third-order valence-corrected chi connectivity index (χ3v) is 3.35. The lowest BCUT2D eigenvalue weighted by Crippen LogP contribution is -2.27. The van der Waals surface area contributed by atoms with Gasteiger partial charge in [-0.15, -0.1) is 0 Å². The van der Waals surface area contributed by atoms with Crippen molar-refractivity contribution in [2.45, 2.75) is 26.7 Å². The third kappa shape index (κ3) is 5.85. The number of nitrogens with zero attached hydrogens (tertiary/aromatic N) is 1. The van der Waals surface area contributed by atoms with E-state index in [0.29, 0.717) is 0 Å². The maximum absolute atomic E-state index is 11.6. The number of carbonyl (C=O) groups excluding carboxylic acids is 3. The van der Waals surface area contributed by atoms with E-state index in [1.807, 2.05) is 32.0 Å². The summed E-state index contributed by atoms with van der Waals surface area (Å²) in [4.78, 5) is 38.3. The van der Waals surface area contributed by atoms with Gasteiger partial charge in [0.25, 0.3) is 0 Å². The molecule has 0 saturated heterocycles. The molecule has 0 amide bonds. The van der Waals surface area contributed by atoms with Crippen LogP contribution >= 0.6 is 0 Å². The number of esters is 1. The first kappa shape index (κ1) is 19.5. The van der Waals surface area contributed by atoms with Crippen molar-refractivity contribution in [1.29, 1.82) is 0 Å². The molecular weight excluding hydrogens is 290 g/mol. The molecule has 22 heavy (non-hydrogen) atoms. The average Bonchev–Trinajstić information content (AvgIpc) is 2.44. The number of carbonyl (C=O) groups is 1. The van der Waals surface area contributed by atoms with Crippen molar-refractivity contribution in [1.82, 2.24) is 0 Å². The summed E-state index contributed by atoms with van der Waals surface area (Å²) in [7, 11) is 1.30. The van der Waals surface area contributed by atoms with E-state index in [-0.39, 0.29) is 17.6 Å². The van der Waals surface area contributed by atoms with Gasteiger partial charge in [0.05, 0.1) is 18.9 Å². The van der Waals surface area contributed by atoms with Gasteiger partial charge in [0.2, 0.25) is 6.54 Å². The predicted octanol–water partition coefficient (Wildman–Crippen LogP) is 1.89. The van der Waals surface area contributed by atoms with Gasteiger partial charge in [0.1, 0.15) is 0 Å². The van der Waals surface area contributed by atoms with Crippen molar-refractivity contribution < 1.29 is 24.0 Å². The minimum Gasteiger partial charge on any atom is -0.469 e. The number of aryl methyl sites for hydroxylation is 2. The van der Waals surface area contributed by atoms with Crippen LogP contribution < -0.4 is 0 Å². The van der Waals surface area contributed by atoms with Crippen LogP contribution in [0.25, 0.3) is 0 Å². The summed E-state index contributed by atoms with van der Waals surface area (Å²) in [6, 6.07) is 5.73. The standard InChI is InChI=1S/C14H19NO4.CO2/c1-9-5-6-12(10(2)7-9)13(8-15(17)18)11(3)14(16)19-4;2-1-3/h5-7,11,13H,8H2,1-4H3;/t11?,13-;/m1./s1. The highest BCUT2D eigenvalue weighted by Crippen LogP contribution is 2.29. The van der Waals surface area contributed by atoms with Crippen LogP contribution in [0.2, 0.25) is 0 Å². The Morgan fingerprint density at radius 2 is 1.91 bits per heavy atom. The first-order chi connectivity index (χ1) is 10.3.